The minimum Gasteiger partial charge on any atom is -0.382 e. The lowest BCUT2D eigenvalue weighted by Crippen LogP contribution is -2.31. The Balaban J connectivity index is 2.11. The molecule has 1 amide bonds. The van der Waals surface area contributed by atoms with Crippen LogP contribution in [0.3, 0.4) is 0 Å². The van der Waals surface area contributed by atoms with Crippen molar-refractivity contribution in [2.24, 2.45) is 0 Å². The van der Waals surface area contributed by atoms with E-state index in [-0.39, 0.29) is 11.9 Å². The molecule has 0 saturated carbocycles. The largest absolute Gasteiger partial charge is 0.382 e. The van der Waals surface area contributed by atoms with E-state index in [0.29, 0.717) is 12.2 Å². The first-order valence-corrected chi connectivity index (χ1v) is 5.92. The molecule has 0 aliphatic heterocycles. The highest BCUT2D eigenvalue weighted by atomic mass is 16.5. The number of hydrogen-bond acceptors (Lipinski definition) is 4. The first-order valence-electron chi connectivity index (χ1n) is 5.92. The third-order valence-corrected chi connectivity index (χ3v) is 2.63. The summed E-state index contributed by atoms with van der Waals surface area (Å²) in [7, 11) is 1.59. The van der Waals surface area contributed by atoms with Gasteiger partial charge in [-0.3, -0.25) is 14.8 Å². The zero-order valence-electron chi connectivity index (χ0n) is 10.6. The number of nitrogens with zero attached hydrogens (tertiary/aromatic N) is 2. The van der Waals surface area contributed by atoms with Crippen LogP contribution in [0.15, 0.2) is 48.9 Å². The molecule has 0 unspecified atom stereocenters. The predicted octanol–water partition coefficient (Wildman–Crippen LogP) is 1.59. The van der Waals surface area contributed by atoms with Crippen molar-refractivity contribution < 1.29 is 9.53 Å². The van der Waals surface area contributed by atoms with E-state index in [1.807, 2.05) is 18.2 Å². The lowest BCUT2D eigenvalue weighted by molar-refractivity contribution is 0.0894. The van der Waals surface area contributed by atoms with Crippen molar-refractivity contribution in [3.8, 4) is 0 Å². The van der Waals surface area contributed by atoms with Crippen molar-refractivity contribution >= 4 is 5.91 Å². The van der Waals surface area contributed by atoms with Crippen molar-refractivity contribution in [2.45, 2.75) is 6.04 Å². The number of carbonyl (C=O) groups is 1. The smallest absolute Gasteiger partial charge is 0.252 e. The number of rotatable bonds is 5. The lowest BCUT2D eigenvalue weighted by atomic mass is 10.1. The minimum absolute atomic E-state index is 0.171. The number of aromatic nitrogens is 2. The molecule has 2 heterocycles. The van der Waals surface area contributed by atoms with E-state index in [0.717, 1.165) is 5.69 Å². The zero-order valence-corrected chi connectivity index (χ0v) is 10.6. The number of pyridine rings is 2. The van der Waals surface area contributed by atoms with Crippen LogP contribution in [0.1, 0.15) is 22.1 Å². The van der Waals surface area contributed by atoms with Gasteiger partial charge in [-0.25, -0.2) is 0 Å². The third-order valence-electron chi connectivity index (χ3n) is 2.63. The summed E-state index contributed by atoms with van der Waals surface area (Å²) in [6.45, 7) is 0.369. The fourth-order valence-corrected chi connectivity index (χ4v) is 1.69. The summed E-state index contributed by atoms with van der Waals surface area (Å²) in [6, 6.07) is 8.62. The van der Waals surface area contributed by atoms with E-state index in [1.165, 1.54) is 0 Å². The third kappa shape index (κ3) is 3.59. The Bertz CT molecular complexity index is 517. The van der Waals surface area contributed by atoms with Crippen molar-refractivity contribution in [1.82, 2.24) is 15.3 Å². The summed E-state index contributed by atoms with van der Waals surface area (Å²) < 4.78 is 5.13. The van der Waals surface area contributed by atoms with Crippen molar-refractivity contribution in [3.63, 3.8) is 0 Å². The fraction of sp³-hybridized carbons (Fsp3) is 0.214. The summed E-state index contributed by atoms with van der Waals surface area (Å²) in [4.78, 5) is 20.2. The molecule has 1 atom stereocenters. The molecule has 5 nitrogen and oxygen atoms in total. The molecule has 0 bridgehead atoms. The molecule has 2 aromatic heterocycles. The van der Waals surface area contributed by atoms with Gasteiger partial charge >= 0.3 is 0 Å². The predicted molar refractivity (Wildman–Crippen MR) is 70.6 cm³/mol. The van der Waals surface area contributed by atoms with Gasteiger partial charge in [0.2, 0.25) is 0 Å². The standard InChI is InChI=1S/C14H15N3O2/c1-19-10-13(12-4-2-3-7-16-12)17-14(18)11-5-8-15-9-6-11/h2-9,13H,10H2,1H3,(H,17,18)/t13-/m1/s1. The summed E-state index contributed by atoms with van der Waals surface area (Å²) in [5.74, 6) is -0.171. The Morgan fingerprint density at radius 3 is 2.68 bits per heavy atom. The van der Waals surface area contributed by atoms with Crippen molar-refractivity contribution in [2.75, 3.05) is 13.7 Å². The molecule has 98 valence electrons. The molecule has 2 rings (SSSR count). The highest BCUT2D eigenvalue weighted by Crippen LogP contribution is 2.11. The van der Waals surface area contributed by atoms with E-state index in [1.54, 1.807) is 37.8 Å². The molecule has 0 aromatic carbocycles. The van der Waals surface area contributed by atoms with E-state index < -0.39 is 0 Å². The Morgan fingerprint density at radius 1 is 1.26 bits per heavy atom. The summed E-state index contributed by atoms with van der Waals surface area (Å²) in [5.41, 5.74) is 1.33. The van der Waals surface area contributed by atoms with Gasteiger partial charge in [-0.1, -0.05) is 6.07 Å². The van der Waals surface area contributed by atoms with Crippen molar-refractivity contribution in [3.05, 3.63) is 60.2 Å². The Kier molecular flexibility index (Phi) is 4.58. The van der Waals surface area contributed by atoms with Crippen LogP contribution in [0.25, 0.3) is 0 Å². The van der Waals surface area contributed by atoms with Gasteiger partial charge in [-0.15, -0.1) is 0 Å². The van der Waals surface area contributed by atoms with Crippen LogP contribution < -0.4 is 5.32 Å². The molecule has 0 radical (unpaired) electrons. The SMILES string of the molecule is COC[C@@H](NC(=O)c1ccncc1)c1ccccn1. The quantitative estimate of drug-likeness (QED) is 0.883. The summed E-state index contributed by atoms with van der Waals surface area (Å²) >= 11 is 0. The first-order chi connectivity index (χ1) is 9.31. The molecule has 19 heavy (non-hydrogen) atoms. The van der Waals surface area contributed by atoms with E-state index in [9.17, 15) is 4.79 Å². The van der Waals surface area contributed by atoms with Crippen LogP contribution in [-0.2, 0) is 4.74 Å². The molecule has 5 heteroatoms. The molecule has 2 aromatic rings. The maximum Gasteiger partial charge on any atom is 0.252 e. The minimum atomic E-state index is -0.271. The molecular weight excluding hydrogens is 242 g/mol. The first kappa shape index (κ1) is 13.2. The maximum absolute atomic E-state index is 12.1. The van der Waals surface area contributed by atoms with Gasteiger partial charge in [0.05, 0.1) is 18.3 Å². The molecule has 1 N–H and O–H groups in total. The average Bonchev–Trinajstić information content (AvgIpc) is 2.48. The van der Waals surface area contributed by atoms with E-state index >= 15 is 0 Å². The monoisotopic (exact) mass is 257 g/mol. The molecule has 0 aliphatic rings. The molecule has 0 fully saturated rings. The zero-order chi connectivity index (χ0) is 13.5. The van der Waals surface area contributed by atoms with E-state index in [4.69, 9.17) is 4.74 Å². The van der Waals surface area contributed by atoms with Crippen molar-refractivity contribution in [1.29, 1.82) is 0 Å². The Morgan fingerprint density at radius 2 is 2.05 bits per heavy atom. The average molecular weight is 257 g/mol. The molecule has 0 aliphatic carbocycles. The summed E-state index contributed by atoms with van der Waals surface area (Å²) in [6.07, 6.45) is 4.86. The number of carbonyl (C=O) groups excluding carboxylic acids is 1. The van der Waals surface area contributed by atoms with Crippen LogP contribution >= 0.6 is 0 Å². The van der Waals surface area contributed by atoms with Crippen LogP contribution in [0, 0.1) is 0 Å². The van der Waals surface area contributed by atoms with Gasteiger partial charge in [-0.05, 0) is 24.3 Å². The maximum atomic E-state index is 12.1. The van der Waals surface area contributed by atoms with Crippen LogP contribution in [0.4, 0.5) is 0 Å². The summed E-state index contributed by atoms with van der Waals surface area (Å²) in [5, 5.41) is 2.90. The van der Waals surface area contributed by atoms with Gasteiger partial charge in [0.15, 0.2) is 0 Å². The van der Waals surface area contributed by atoms with E-state index in [2.05, 4.69) is 15.3 Å². The number of amides is 1. The van der Waals surface area contributed by atoms with Gasteiger partial charge in [0.1, 0.15) is 0 Å². The van der Waals surface area contributed by atoms with Gasteiger partial charge in [-0.2, -0.15) is 0 Å². The van der Waals surface area contributed by atoms with Crippen LogP contribution in [0.2, 0.25) is 0 Å². The lowest BCUT2D eigenvalue weighted by Gasteiger charge is -2.17. The highest BCUT2D eigenvalue weighted by Gasteiger charge is 2.16. The number of methoxy groups -OCH3 is 1. The van der Waals surface area contributed by atoms with Gasteiger partial charge < -0.3 is 10.1 Å². The number of nitrogens with one attached hydrogen (secondary N) is 1. The second-order valence-corrected chi connectivity index (χ2v) is 3.97. The molecule has 0 saturated heterocycles. The number of hydrogen-bond donors (Lipinski definition) is 1. The second kappa shape index (κ2) is 6.61. The fourth-order valence-electron chi connectivity index (χ4n) is 1.69. The van der Waals surface area contributed by atoms with Gasteiger partial charge in [0.25, 0.3) is 5.91 Å². The van der Waals surface area contributed by atoms with Gasteiger partial charge in [0, 0.05) is 31.3 Å². The topological polar surface area (TPSA) is 64.1 Å². The Hall–Kier alpha value is -2.27. The molecule has 0 spiro atoms. The second-order valence-electron chi connectivity index (χ2n) is 3.97. The normalized spacial score (nSPS) is 11.8. The Labute approximate surface area is 111 Å². The van der Waals surface area contributed by atoms with Crippen LogP contribution in [-0.4, -0.2) is 29.6 Å². The highest BCUT2D eigenvalue weighted by molar-refractivity contribution is 5.94. The van der Waals surface area contributed by atoms with Crippen LogP contribution in [0.5, 0.6) is 0 Å². The number of ether oxygens (including phenoxy) is 1. The molecular formula is C14H15N3O2.